The standard InChI is InChI=1S/C19H23N3O4.CH2O2/c1-25-12-18(23)22-16-9-8-14(11-17(16)26-2)21-19(24)15(20)10-13-6-4-3-5-7-13;2-1-3/h3-9,11,15H,10,12,20H2,1-2H3,(H,21,24)(H,22,23);1H,(H,2,3). The second-order valence-electron chi connectivity index (χ2n) is 5.79. The molecule has 9 heteroatoms. The zero-order valence-electron chi connectivity index (χ0n) is 16.3. The highest BCUT2D eigenvalue weighted by molar-refractivity contribution is 5.97. The lowest BCUT2D eigenvalue weighted by Gasteiger charge is -2.15. The van der Waals surface area contributed by atoms with E-state index in [1.807, 2.05) is 30.3 Å². The van der Waals surface area contributed by atoms with Crippen molar-refractivity contribution in [3.63, 3.8) is 0 Å². The zero-order chi connectivity index (χ0) is 21.6. The fraction of sp³-hybridized carbons (Fsp3) is 0.250. The molecule has 2 aromatic rings. The van der Waals surface area contributed by atoms with Gasteiger partial charge in [-0.1, -0.05) is 30.3 Å². The Kier molecular flexibility index (Phi) is 10.5. The maximum Gasteiger partial charge on any atom is 0.290 e. The summed E-state index contributed by atoms with van der Waals surface area (Å²) in [7, 11) is 2.92. The number of anilines is 2. The highest BCUT2D eigenvalue weighted by atomic mass is 16.5. The highest BCUT2D eigenvalue weighted by Gasteiger charge is 2.15. The molecule has 0 aromatic heterocycles. The van der Waals surface area contributed by atoms with E-state index in [-0.39, 0.29) is 24.9 Å². The number of carbonyl (C=O) groups is 3. The van der Waals surface area contributed by atoms with Crippen molar-refractivity contribution in [3.05, 3.63) is 54.1 Å². The minimum Gasteiger partial charge on any atom is -0.494 e. The Balaban J connectivity index is 0.00000132. The molecule has 1 unspecified atom stereocenters. The van der Waals surface area contributed by atoms with Crippen LogP contribution < -0.4 is 21.1 Å². The van der Waals surface area contributed by atoms with Gasteiger partial charge in [-0.3, -0.25) is 14.4 Å². The van der Waals surface area contributed by atoms with Crippen LogP contribution in [-0.4, -0.2) is 50.3 Å². The van der Waals surface area contributed by atoms with Crippen molar-refractivity contribution < 1.29 is 29.0 Å². The number of ether oxygens (including phenoxy) is 2. The van der Waals surface area contributed by atoms with Crippen LogP contribution in [0.3, 0.4) is 0 Å². The van der Waals surface area contributed by atoms with E-state index in [1.165, 1.54) is 14.2 Å². The molecule has 0 saturated heterocycles. The Morgan fingerprint density at radius 1 is 1.14 bits per heavy atom. The number of benzene rings is 2. The molecular weight excluding hydrogens is 378 g/mol. The van der Waals surface area contributed by atoms with E-state index in [0.717, 1.165) is 5.56 Å². The van der Waals surface area contributed by atoms with Crippen LogP contribution in [0.15, 0.2) is 48.5 Å². The highest BCUT2D eigenvalue weighted by Crippen LogP contribution is 2.28. The van der Waals surface area contributed by atoms with Gasteiger partial charge in [0.2, 0.25) is 11.8 Å². The molecule has 0 aliphatic rings. The first-order valence-corrected chi connectivity index (χ1v) is 8.60. The Morgan fingerprint density at radius 2 is 1.79 bits per heavy atom. The molecule has 29 heavy (non-hydrogen) atoms. The van der Waals surface area contributed by atoms with Crippen molar-refractivity contribution in [1.29, 1.82) is 0 Å². The number of carboxylic acid groups (broad SMARTS) is 1. The monoisotopic (exact) mass is 403 g/mol. The minimum atomic E-state index is -0.676. The Hall–Kier alpha value is -3.43. The molecule has 2 rings (SSSR count). The summed E-state index contributed by atoms with van der Waals surface area (Å²) in [6.07, 6.45) is 0.439. The largest absolute Gasteiger partial charge is 0.494 e. The molecule has 0 fully saturated rings. The number of amides is 2. The summed E-state index contributed by atoms with van der Waals surface area (Å²) >= 11 is 0. The number of nitrogens with one attached hydrogen (secondary N) is 2. The number of hydrogen-bond donors (Lipinski definition) is 4. The van der Waals surface area contributed by atoms with Crippen molar-refractivity contribution in [1.82, 2.24) is 0 Å². The van der Waals surface area contributed by atoms with Gasteiger partial charge in [-0.25, -0.2) is 0 Å². The van der Waals surface area contributed by atoms with Crippen molar-refractivity contribution in [2.24, 2.45) is 5.73 Å². The van der Waals surface area contributed by atoms with Gasteiger partial charge in [-0.15, -0.1) is 0 Å². The molecule has 2 aromatic carbocycles. The molecule has 5 N–H and O–H groups in total. The van der Waals surface area contributed by atoms with Gasteiger partial charge in [0.15, 0.2) is 0 Å². The van der Waals surface area contributed by atoms with E-state index in [2.05, 4.69) is 10.6 Å². The van der Waals surface area contributed by atoms with E-state index in [4.69, 9.17) is 25.1 Å². The zero-order valence-corrected chi connectivity index (χ0v) is 16.3. The van der Waals surface area contributed by atoms with Gasteiger partial charge in [0.1, 0.15) is 12.4 Å². The summed E-state index contributed by atoms with van der Waals surface area (Å²) in [4.78, 5) is 32.3. The predicted octanol–water partition coefficient (Wildman–Crippen LogP) is 1.49. The lowest BCUT2D eigenvalue weighted by atomic mass is 10.1. The predicted molar refractivity (Wildman–Crippen MR) is 109 cm³/mol. The van der Waals surface area contributed by atoms with Gasteiger partial charge in [0.05, 0.1) is 18.8 Å². The number of rotatable bonds is 8. The van der Waals surface area contributed by atoms with Crippen LogP contribution in [0.4, 0.5) is 11.4 Å². The average molecular weight is 403 g/mol. The van der Waals surface area contributed by atoms with Gasteiger partial charge in [-0.2, -0.15) is 0 Å². The number of methoxy groups -OCH3 is 2. The third-order valence-corrected chi connectivity index (χ3v) is 3.65. The maximum atomic E-state index is 12.3. The van der Waals surface area contributed by atoms with E-state index in [1.54, 1.807) is 18.2 Å². The summed E-state index contributed by atoms with van der Waals surface area (Å²) < 4.78 is 10.0. The van der Waals surface area contributed by atoms with Gasteiger partial charge < -0.3 is 30.9 Å². The summed E-state index contributed by atoms with van der Waals surface area (Å²) in [5.74, 6) is -0.177. The van der Waals surface area contributed by atoms with Gasteiger partial charge >= 0.3 is 0 Å². The third kappa shape index (κ3) is 8.41. The average Bonchev–Trinajstić information content (AvgIpc) is 2.70. The Bertz CT molecular complexity index is 798. The first kappa shape index (κ1) is 23.6. The first-order valence-electron chi connectivity index (χ1n) is 8.60. The lowest BCUT2D eigenvalue weighted by Crippen LogP contribution is -2.37. The second-order valence-corrected chi connectivity index (χ2v) is 5.79. The number of nitrogens with two attached hydrogens (primary N) is 1. The second kappa shape index (κ2) is 12.9. The molecule has 0 spiro atoms. The summed E-state index contributed by atoms with van der Waals surface area (Å²) in [5.41, 5.74) is 7.99. The molecule has 1 atom stereocenters. The molecule has 0 aliphatic heterocycles. The van der Waals surface area contributed by atoms with Crippen molar-refractivity contribution in [2.45, 2.75) is 12.5 Å². The van der Waals surface area contributed by atoms with Gasteiger partial charge in [0, 0.05) is 18.9 Å². The van der Waals surface area contributed by atoms with Crippen molar-refractivity contribution in [3.8, 4) is 5.75 Å². The quantitative estimate of drug-likeness (QED) is 0.490. The van der Waals surface area contributed by atoms with E-state index < -0.39 is 6.04 Å². The molecule has 0 aliphatic carbocycles. The summed E-state index contributed by atoms with van der Waals surface area (Å²) in [5, 5.41) is 12.3. The molecule has 0 heterocycles. The van der Waals surface area contributed by atoms with Gasteiger partial charge in [-0.05, 0) is 24.1 Å². The molecule has 156 valence electrons. The number of carbonyl (C=O) groups excluding carboxylic acids is 2. The molecule has 0 saturated carbocycles. The normalized spacial score (nSPS) is 10.7. The van der Waals surface area contributed by atoms with Crippen LogP contribution in [0, 0.1) is 0 Å². The fourth-order valence-corrected chi connectivity index (χ4v) is 2.39. The number of hydrogen-bond acceptors (Lipinski definition) is 6. The van der Waals surface area contributed by atoms with Crippen LogP contribution >= 0.6 is 0 Å². The van der Waals surface area contributed by atoms with E-state index >= 15 is 0 Å². The molecule has 0 radical (unpaired) electrons. The van der Waals surface area contributed by atoms with Crippen LogP contribution in [0.1, 0.15) is 5.56 Å². The first-order chi connectivity index (χ1) is 13.9. The van der Waals surface area contributed by atoms with E-state index in [9.17, 15) is 9.59 Å². The van der Waals surface area contributed by atoms with Crippen LogP contribution in [0.25, 0.3) is 0 Å². The Morgan fingerprint density at radius 3 is 2.38 bits per heavy atom. The minimum absolute atomic E-state index is 0.0595. The van der Waals surface area contributed by atoms with Crippen LogP contribution in [0.2, 0.25) is 0 Å². The van der Waals surface area contributed by atoms with Crippen LogP contribution in [0.5, 0.6) is 5.75 Å². The smallest absolute Gasteiger partial charge is 0.290 e. The maximum absolute atomic E-state index is 12.3. The van der Waals surface area contributed by atoms with E-state index in [0.29, 0.717) is 23.5 Å². The summed E-state index contributed by atoms with van der Waals surface area (Å²) in [6, 6.07) is 13.8. The molecule has 9 nitrogen and oxygen atoms in total. The SMILES string of the molecule is COCC(=O)Nc1ccc(NC(=O)C(N)Cc2ccccc2)cc1OC.O=CO. The lowest BCUT2D eigenvalue weighted by molar-refractivity contribution is -0.123. The van der Waals surface area contributed by atoms with Crippen LogP contribution in [-0.2, 0) is 25.5 Å². The van der Waals surface area contributed by atoms with Crippen molar-refractivity contribution >= 4 is 29.7 Å². The third-order valence-electron chi connectivity index (χ3n) is 3.65. The molecule has 0 bridgehead atoms. The summed E-state index contributed by atoms with van der Waals surface area (Å²) in [6.45, 7) is -0.310. The Labute approximate surface area is 168 Å². The topological polar surface area (TPSA) is 140 Å². The fourth-order valence-electron chi connectivity index (χ4n) is 2.39. The van der Waals surface area contributed by atoms with Gasteiger partial charge in [0.25, 0.3) is 6.47 Å². The molecule has 2 amide bonds. The van der Waals surface area contributed by atoms with Crippen molar-refractivity contribution in [2.75, 3.05) is 31.5 Å². The molecular formula is C20H25N3O6.